The molecule has 0 saturated carbocycles. The Bertz CT molecular complexity index is 672. The third-order valence-corrected chi connectivity index (χ3v) is 3.64. The molecule has 0 aliphatic heterocycles. The Hall–Kier alpha value is -2.44. The van der Waals surface area contributed by atoms with Crippen molar-refractivity contribution in [3.05, 3.63) is 53.7 Å². The van der Waals surface area contributed by atoms with Gasteiger partial charge < -0.3 is 19.8 Å². The van der Waals surface area contributed by atoms with Crippen LogP contribution < -0.4 is 9.64 Å². The molecule has 0 aliphatic carbocycles. The Morgan fingerprint density at radius 3 is 2.24 bits per heavy atom. The molecule has 2 N–H and O–H groups in total. The van der Waals surface area contributed by atoms with Gasteiger partial charge in [0.05, 0.1) is 0 Å². The van der Waals surface area contributed by atoms with Crippen LogP contribution in [0.2, 0.25) is 0 Å². The van der Waals surface area contributed by atoms with Crippen molar-refractivity contribution >= 4 is 17.8 Å². The van der Waals surface area contributed by atoms with Crippen molar-refractivity contribution in [3.8, 4) is 5.88 Å². The summed E-state index contributed by atoms with van der Waals surface area (Å²) in [6.07, 6.45) is 2.83. The van der Waals surface area contributed by atoms with E-state index in [1.54, 1.807) is 12.3 Å². The lowest BCUT2D eigenvalue weighted by molar-refractivity contribution is -0.0194. The highest BCUT2D eigenvalue weighted by atomic mass is 19.1. The van der Waals surface area contributed by atoms with E-state index in [0.717, 1.165) is 16.8 Å². The first-order valence-corrected chi connectivity index (χ1v) is 7.96. The summed E-state index contributed by atoms with van der Waals surface area (Å²) in [7, 11) is 3.99. The number of aliphatic hydroxyl groups excluding tert-OH is 2. The second-order valence-corrected chi connectivity index (χ2v) is 5.85. The van der Waals surface area contributed by atoms with Gasteiger partial charge in [-0.15, -0.1) is 0 Å². The number of hydrogen-bond acceptors (Lipinski definition) is 5. The van der Waals surface area contributed by atoms with E-state index in [4.69, 9.17) is 9.84 Å². The molecule has 0 spiro atoms. The minimum Gasteiger partial charge on any atom is -0.475 e. The van der Waals surface area contributed by atoms with Gasteiger partial charge in [0.15, 0.2) is 0 Å². The van der Waals surface area contributed by atoms with Gasteiger partial charge in [-0.2, -0.15) is 0 Å². The van der Waals surface area contributed by atoms with Crippen molar-refractivity contribution in [2.75, 3.05) is 32.3 Å². The monoisotopic (exact) mass is 346 g/mol. The second-order valence-electron chi connectivity index (χ2n) is 5.85. The van der Waals surface area contributed by atoms with E-state index in [1.165, 1.54) is 0 Å². The van der Waals surface area contributed by atoms with Crippen molar-refractivity contribution in [2.24, 2.45) is 0 Å². The molecule has 25 heavy (non-hydrogen) atoms. The minimum atomic E-state index is -1.44. The molecular formula is C19H23FN2O3. The number of rotatable bonds is 8. The number of nitrogens with zero attached hydrogens (tertiary/aromatic N) is 2. The normalized spacial score (nSPS) is 13.6. The molecule has 2 aromatic rings. The maximum absolute atomic E-state index is 12.2. The van der Waals surface area contributed by atoms with E-state index in [2.05, 4.69) is 4.98 Å². The van der Waals surface area contributed by atoms with Gasteiger partial charge in [-0.25, -0.2) is 9.37 Å². The van der Waals surface area contributed by atoms with Crippen LogP contribution >= 0.6 is 0 Å². The lowest BCUT2D eigenvalue weighted by atomic mass is 10.1. The van der Waals surface area contributed by atoms with Crippen LogP contribution in [0.1, 0.15) is 11.1 Å². The zero-order valence-electron chi connectivity index (χ0n) is 14.3. The fourth-order valence-corrected chi connectivity index (χ4v) is 2.04. The van der Waals surface area contributed by atoms with Gasteiger partial charge in [0.25, 0.3) is 0 Å². The summed E-state index contributed by atoms with van der Waals surface area (Å²) >= 11 is 0. The number of aromatic nitrogens is 1. The average molecular weight is 346 g/mol. The maximum Gasteiger partial charge on any atom is 0.213 e. The SMILES string of the molecule is CN(C)c1ccc(C=Cc2ccc(OCC(O)C(O)CF)nc2)cc1. The van der Waals surface area contributed by atoms with Crippen LogP contribution in [0.25, 0.3) is 12.2 Å². The minimum absolute atomic E-state index is 0.217. The molecule has 5 nitrogen and oxygen atoms in total. The van der Waals surface area contributed by atoms with E-state index in [9.17, 15) is 9.50 Å². The van der Waals surface area contributed by atoms with Crippen molar-refractivity contribution < 1.29 is 19.3 Å². The van der Waals surface area contributed by atoms with Crippen LogP contribution in [0.15, 0.2) is 42.6 Å². The molecule has 2 rings (SSSR count). The van der Waals surface area contributed by atoms with Crippen LogP contribution in [-0.4, -0.2) is 54.8 Å². The van der Waals surface area contributed by atoms with Crippen molar-refractivity contribution in [2.45, 2.75) is 12.2 Å². The Morgan fingerprint density at radius 1 is 1.04 bits per heavy atom. The predicted molar refractivity (Wildman–Crippen MR) is 97.4 cm³/mol. The highest BCUT2D eigenvalue weighted by molar-refractivity contribution is 5.70. The molecule has 0 bridgehead atoms. The first-order chi connectivity index (χ1) is 12.0. The van der Waals surface area contributed by atoms with Crippen LogP contribution in [0.3, 0.4) is 0 Å². The molecule has 0 radical (unpaired) electrons. The molecule has 1 aromatic heterocycles. The van der Waals surface area contributed by atoms with E-state index < -0.39 is 18.9 Å². The summed E-state index contributed by atoms with van der Waals surface area (Å²) in [5, 5.41) is 18.6. The van der Waals surface area contributed by atoms with Crippen molar-refractivity contribution in [1.82, 2.24) is 4.98 Å². The number of anilines is 1. The van der Waals surface area contributed by atoms with E-state index in [-0.39, 0.29) is 6.61 Å². The van der Waals surface area contributed by atoms with Crippen LogP contribution in [0, 0.1) is 0 Å². The molecule has 0 aliphatic rings. The third kappa shape index (κ3) is 5.85. The molecule has 6 heteroatoms. The van der Waals surface area contributed by atoms with Gasteiger partial charge in [0, 0.05) is 32.0 Å². The van der Waals surface area contributed by atoms with Gasteiger partial charge in [-0.1, -0.05) is 24.3 Å². The van der Waals surface area contributed by atoms with Gasteiger partial charge in [0.1, 0.15) is 25.5 Å². The summed E-state index contributed by atoms with van der Waals surface area (Å²) < 4.78 is 17.4. The first kappa shape index (κ1) is 18.9. The van der Waals surface area contributed by atoms with Crippen molar-refractivity contribution in [3.63, 3.8) is 0 Å². The molecule has 2 atom stereocenters. The van der Waals surface area contributed by atoms with Gasteiger partial charge in [0.2, 0.25) is 5.88 Å². The number of alkyl halides is 1. The molecule has 0 fully saturated rings. The highest BCUT2D eigenvalue weighted by Gasteiger charge is 2.16. The summed E-state index contributed by atoms with van der Waals surface area (Å²) in [5.41, 5.74) is 3.11. The molecule has 1 heterocycles. The largest absolute Gasteiger partial charge is 0.475 e. The lowest BCUT2D eigenvalue weighted by Gasteiger charge is -2.14. The number of halogens is 1. The average Bonchev–Trinajstić information content (AvgIpc) is 2.64. The van der Waals surface area contributed by atoms with Gasteiger partial charge >= 0.3 is 0 Å². The quantitative estimate of drug-likeness (QED) is 0.768. The van der Waals surface area contributed by atoms with E-state index in [0.29, 0.717) is 5.88 Å². The number of aliphatic hydroxyl groups is 2. The molecule has 134 valence electrons. The standard InChI is InChI=1S/C19H23FN2O3/c1-22(2)16-8-5-14(6-9-16)3-4-15-7-10-19(21-12-15)25-13-18(24)17(23)11-20/h3-10,12,17-18,23-24H,11,13H2,1-2H3. The smallest absolute Gasteiger partial charge is 0.213 e. The number of benzene rings is 1. The third-order valence-electron chi connectivity index (χ3n) is 3.64. The molecular weight excluding hydrogens is 323 g/mol. The number of ether oxygens (including phenoxy) is 1. The molecule has 1 aromatic carbocycles. The Kier molecular flexibility index (Phi) is 6.91. The van der Waals surface area contributed by atoms with Crippen LogP contribution in [-0.2, 0) is 0 Å². The molecule has 2 unspecified atom stereocenters. The van der Waals surface area contributed by atoms with E-state index in [1.807, 2.05) is 61.5 Å². The highest BCUT2D eigenvalue weighted by Crippen LogP contribution is 2.15. The first-order valence-electron chi connectivity index (χ1n) is 7.96. The summed E-state index contributed by atoms with van der Waals surface area (Å²) in [4.78, 5) is 6.16. The van der Waals surface area contributed by atoms with Crippen LogP contribution in [0.4, 0.5) is 10.1 Å². The van der Waals surface area contributed by atoms with Crippen molar-refractivity contribution in [1.29, 1.82) is 0 Å². The van der Waals surface area contributed by atoms with Gasteiger partial charge in [-0.3, -0.25) is 0 Å². The Balaban J connectivity index is 1.91. The predicted octanol–water partition coefficient (Wildman–Crippen LogP) is 2.39. The lowest BCUT2D eigenvalue weighted by Crippen LogP contribution is -2.33. The second kappa shape index (κ2) is 9.15. The number of hydrogen-bond donors (Lipinski definition) is 2. The molecule has 0 amide bonds. The maximum atomic E-state index is 12.2. The number of pyridine rings is 1. The molecule has 0 saturated heterocycles. The Labute approximate surface area is 147 Å². The summed E-state index contributed by atoms with van der Waals surface area (Å²) in [5.74, 6) is 0.303. The fraction of sp³-hybridized carbons (Fsp3) is 0.316. The Morgan fingerprint density at radius 2 is 1.68 bits per heavy atom. The summed E-state index contributed by atoms with van der Waals surface area (Å²) in [6, 6.07) is 11.6. The fourth-order valence-electron chi connectivity index (χ4n) is 2.04. The zero-order valence-corrected chi connectivity index (χ0v) is 14.3. The van der Waals surface area contributed by atoms with E-state index >= 15 is 0 Å². The van der Waals surface area contributed by atoms with Gasteiger partial charge in [-0.05, 0) is 29.3 Å². The van der Waals surface area contributed by atoms with Crippen LogP contribution in [0.5, 0.6) is 5.88 Å². The zero-order chi connectivity index (χ0) is 18.2. The topological polar surface area (TPSA) is 65.8 Å². The summed E-state index contributed by atoms with van der Waals surface area (Å²) in [6.45, 7) is -1.23.